The first-order chi connectivity index (χ1) is 8.19. The van der Waals surface area contributed by atoms with Crippen LogP contribution in [-0.2, 0) is 4.79 Å². The first kappa shape index (κ1) is 12.9. The zero-order chi connectivity index (χ0) is 12.3. The minimum absolute atomic E-state index is 0.0128. The van der Waals surface area contributed by atoms with E-state index in [4.69, 9.17) is 0 Å². The fourth-order valence-electron chi connectivity index (χ4n) is 2.74. The topological polar surface area (TPSA) is 49.4 Å². The average Bonchev–Trinajstić information content (AvgIpc) is 2.85. The van der Waals surface area contributed by atoms with Crippen LogP contribution in [0.15, 0.2) is 0 Å². The first-order valence-electron chi connectivity index (χ1n) is 6.40. The van der Waals surface area contributed by atoms with Crippen LogP contribution in [0.4, 0.5) is 4.79 Å². The molecule has 1 saturated carbocycles. The Hall–Kier alpha value is -0.580. The predicted molar refractivity (Wildman–Crippen MR) is 69.1 cm³/mol. The van der Waals surface area contributed by atoms with Crippen molar-refractivity contribution in [2.45, 2.75) is 50.5 Å². The number of halogens is 1. The van der Waals surface area contributed by atoms with Gasteiger partial charge in [0.1, 0.15) is 5.54 Å². The van der Waals surface area contributed by atoms with E-state index in [0.29, 0.717) is 6.54 Å². The first-order valence-corrected chi connectivity index (χ1v) is 7.52. The third kappa shape index (κ3) is 2.49. The highest BCUT2D eigenvalue weighted by Gasteiger charge is 2.51. The highest BCUT2D eigenvalue weighted by Crippen LogP contribution is 2.35. The van der Waals surface area contributed by atoms with E-state index >= 15 is 0 Å². The Morgan fingerprint density at radius 2 is 1.88 bits per heavy atom. The van der Waals surface area contributed by atoms with Crippen molar-refractivity contribution in [1.82, 2.24) is 10.2 Å². The van der Waals surface area contributed by atoms with Crippen molar-refractivity contribution in [1.29, 1.82) is 0 Å². The van der Waals surface area contributed by atoms with Gasteiger partial charge in [-0.25, -0.2) is 4.79 Å². The van der Waals surface area contributed by atoms with Crippen LogP contribution in [0.2, 0.25) is 0 Å². The van der Waals surface area contributed by atoms with Gasteiger partial charge >= 0.3 is 6.03 Å². The summed E-state index contributed by atoms with van der Waals surface area (Å²) in [6, 6.07) is -0.184. The molecule has 0 aromatic rings. The number of rotatable bonds is 5. The summed E-state index contributed by atoms with van der Waals surface area (Å²) in [4.78, 5) is 25.4. The molecule has 3 amide bonds. The van der Waals surface area contributed by atoms with Gasteiger partial charge in [-0.3, -0.25) is 9.69 Å². The second kappa shape index (κ2) is 5.38. The number of alkyl halides is 1. The van der Waals surface area contributed by atoms with Crippen molar-refractivity contribution in [3.8, 4) is 0 Å². The number of carbonyl (C=O) groups is 2. The summed E-state index contributed by atoms with van der Waals surface area (Å²) in [5.41, 5.74) is -0.535. The molecule has 1 aliphatic heterocycles. The smallest absolute Gasteiger partial charge is 0.323 e. The Morgan fingerprint density at radius 3 is 2.53 bits per heavy atom. The molecular weight excluding hydrogens is 284 g/mol. The van der Waals surface area contributed by atoms with Crippen molar-refractivity contribution in [3.05, 3.63) is 0 Å². The van der Waals surface area contributed by atoms with Crippen molar-refractivity contribution in [2.75, 3.05) is 11.9 Å². The number of nitrogens with one attached hydrogen (secondary N) is 1. The minimum Gasteiger partial charge on any atom is -0.323 e. The SMILES string of the molecule is O=C1NC2(CCCC2)C(=O)N1CCCCCBr. The van der Waals surface area contributed by atoms with E-state index in [1.54, 1.807) is 0 Å². The predicted octanol–water partition coefficient (Wildman–Crippen LogP) is 2.42. The van der Waals surface area contributed by atoms with Crippen molar-refractivity contribution >= 4 is 27.9 Å². The average molecular weight is 303 g/mol. The molecule has 5 heteroatoms. The Morgan fingerprint density at radius 1 is 1.18 bits per heavy atom. The molecule has 4 nitrogen and oxygen atoms in total. The van der Waals surface area contributed by atoms with E-state index in [1.807, 2.05) is 0 Å². The molecule has 1 heterocycles. The van der Waals surface area contributed by atoms with Crippen LogP contribution in [0.5, 0.6) is 0 Å². The molecule has 96 valence electrons. The highest BCUT2D eigenvalue weighted by molar-refractivity contribution is 9.09. The molecule has 1 N–H and O–H groups in total. The number of carbonyl (C=O) groups excluding carboxylic acids is 2. The second-order valence-electron chi connectivity index (χ2n) is 4.93. The normalized spacial score (nSPS) is 22.5. The lowest BCUT2D eigenvalue weighted by Gasteiger charge is -2.19. The lowest BCUT2D eigenvalue weighted by molar-refractivity contribution is -0.131. The Labute approximate surface area is 110 Å². The van der Waals surface area contributed by atoms with Gasteiger partial charge in [-0.2, -0.15) is 0 Å². The zero-order valence-electron chi connectivity index (χ0n) is 10.0. The van der Waals surface area contributed by atoms with Gasteiger partial charge in [0.25, 0.3) is 5.91 Å². The minimum atomic E-state index is -0.535. The zero-order valence-corrected chi connectivity index (χ0v) is 11.6. The third-order valence-electron chi connectivity index (χ3n) is 3.72. The lowest BCUT2D eigenvalue weighted by atomic mass is 9.98. The molecule has 1 aliphatic carbocycles. The largest absolute Gasteiger partial charge is 0.325 e. The van der Waals surface area contributed by atoms with E-state index in [2.05, 4.69) is 21.2 Å². The molecule has 0 aromatic carbocycles. The number of hydrogen-bond acceptors (Lipinski definition) is 2. The summed E-state index contributed by atoms with van der Waals surface area (Å²) in [5.74, 6) is 0.0128. The summed E-state index contributed by atoms with van der Waals surface area (Å²) >= 11 is 3.38. The number of amides is 3. The number of unbranched alkanes of at least 4 members (excludes halogenated alkanes) is 2. The molecule has 2 rings (SSSR count). The van der Waals surface area contributed by atoms with Gasteiger partial charge < -0.3 is 5.32 Å². The highest BCUT2D eigenvalue weighted by atomic mass is 79.9. The fraction of sp³-hybridized carbons (Fsp3) is 0.833. The molecular formula is C12H19BrN2O2. The Balaban J connectivity index is 1.90. The molecule has 0 aromatic heterocycles. The lowest BCUT2D eigenvalue weighted by Crippen LogP contribution is -2.44. The van der Waals surface area contributed by atoms with Crippen LogP contribution in [0.25, 0.3) is 0 Å². The van der Waals surface area contributed by atoms with E-state index in [-0.39, 0.29) is 11.9 Å². The number of hydrogen-bond donors (Lipinski definition) is 1. The van der Waals surface area contributed by atoms with Crippen LogP contribution in [0.1, 0.15) is 44.9 Å². The van der Waals surface area contributed by atoms with Crippen LogP contribution in [0, 0.1) is 0 Å². The monoisotopic (exact) mass is 302 g/mol. The molecule has 0 atom stereocenters. The van der Waals surface area contributed by atoms with Gasteiger partial charge in [0.15, 0.2) is 0 Å². The summed E-state index contributed by atoms with van der Waals surface area (Å²) in [6.07, 6.45) is 6.77. The van der Waals surface area contributed by atoms with E-state index in [9.17, 15) is 9.59 Å². The molecule has 1 saturated heterocycles. The molecule has 0 bridgehead atoms. The maximum atomic E-state index is 12.2. The summed E-state index contributed by atoms with van der Waals surface area (Å²) in [5, 5.41) is 3.88. The van der Waals surface area contributed by atoms with Gasteiger partial charge in [-0.15, -0.1) is 0 Å². The van der Waals surface area contributed by atoms with Crippen molar-refractivity contribution in [2.24, 2.45) is 0 Å². The van der Waals surface area contributed by atoms with Crippen LogP contribution in [-0.4, -0.2) is 34.3 Å². The fourth-order valence-corrected chi connectivity index (χ4v) is 3.13. The molecule has 2 aliphatic rings. The standard InChI is InChI=1S/C12H19BrN2O2/c13-8-4-1-5-9-15-10(16)12(14-11(15)17)6-2-3-7-12/h1-9H2,(H,14,17). The second-order valence-corrected chi connectivity index (χ2v) is 5.72. The quantitative estimate of drug-likeness (QED) is 0.482. The molecule has 17 heavy (non-hydrogen) atoms. The van der Waals surface area contributed by atoms with Crippen molar-refractivity contribution in [3.63, 3.8) is 0 Å². The number of imide groups is 1. The molecule has 1 spiro atoms. The van der Waals surface area contributed by atoms with Gasteiger partial charge in [0.05, 0.1) is 0 Å². The summed E-state index contributed by atoms with van der Waals surface area (Å²) in [6.45, 7) is 0.569. The third-order valence-corrected chi connectivity index (χ3v) is 4.28. The van der Waals surface area contributed by atoms with Crippen LogP contribution in [0.3, 0.4) is 0 Å². The van der Waals surface area contributed by atoms with Gasteiger partial charge in [-0.1, -0.05) is 35.2 Å². The molecule has 0 unspecified atom stereocenters. The summed E-state index contributed by atoms with van der Waals surface area (Å²) in [7, 11) is 0. The van der Waals surface area contributed by atoms with Crippen molar-refractivity contribution < 1.29 is 9.59 Å². The van der Waals surface area contributed by atoms with E-state index < -0.39 is 5.54 Å². The molecule has 0 radical (unpaired) electrons. The van der Waals surface area contributed by atoms with E-state index in [1.165, 1.54) is 4.90 Å². The number of urea groups is 1. The maximum Gasteiger partial charge on any atom is 0.325 e. The number of nitrogens with zero attached hydrogens (tertiary/aromatic N) is 1. The van der Waals surface area contributed by atoms with Gasteiger partial charge in [0, 0.05) is 11.9 Å². The van der Waals surface area contributed by atoms with E-state index in [0.717, 1.165) is 50.3 Å². The molecule has 2 fully saturated rings. The van der Waals surface area contributed by atoms with Gasteiger partial charge in [-0.05, 0) is 25.7 Å². The Bertz CT molecular complexity index is 314. The van der Waals surface area contributed by atoms with Crippen LogP contribution < -0.4 is 5.32 Å². The maximum absolute atomic E-state index is 12.2. The van der Waals surface area contributed by atoms with Crippen LogP contribution >= 0.6 is 15.9 Å². The Kier molecular flexibility index (Phi) is 4.07. The van der Waals surface area contributed by atoms with Gasteiger partial charge in [0.2, 0.25) is 0 Å². The summed E-state index contributed by atoms with van der Waals surface area (Å²) < 4.78 is 0.